The van der Waals surface area contributed by atoms with Gasteiger partial charge in [0, 0.05) is 12.3 Å². The van der Waals surface area contributed by atoms with E-state index in [1.807, 2.05) is 0 Å². The fraction of sp³-hybridized carbons (Fsp3) is 0.875. The molecule has 21 saturated heterocycles. The Morgan fingerprint density at radius 2 is 0.541 bits per heavy atom. The highest BCUT2D eigenvalue weighted by Gasteiger charge is 2.60. The van der Waals surface area contributed by atoms with Gasteiger partial charge in [-0.3, -0.25) is 0 Å². The van der Waals surface area contributed by atoms with Crippen LogP contribution in [-0.2, 0) is 72.9 Å². The van der Waals surface area contributed by atoms with Gasteiger partial charge in [-0.2, -0.15) is 0 Å². The lowest BCUT2D eigenvalue weighted by Crippen LogP contribution is -2.68. The normalized spacial score (nSPS) is 51.3. The predicted octanol–water partition coefficient (Wildman–Crippen LogP) is -14.3. The van der Waals surface area contributed by atoms with Gasteiger partial charge < -0.3 is 179 Å². The summed E-state index contributed by atoms with van der Waals surface area (Å²) in [5.41, 5.74) is 0.253. The van der Waals surface area contributed by atoms with Gasteiger partial charge in [-0.25, -0.2) is 4.57 Å². The van der Waals surface area contributed by atoms with E-state index in [2.05, 4.69) is 5.16 Å². The van der Waals surface area contributed by atoms with Crippen LogP contribution >= 0.6 is 0 Å². The minimum atomic E-state index is -2.23. The van der Waals surface area contributed by atoms with Crippen LogP contribution < -0.4 is 4.57 Å². The molecule has 21 fully saturated rings. The number of ether oxygens (including phenoxy) is 14. The number of aromatic nitrogens is 1. The maximum Gasteiger partial charge on any atom is 0.187 e. The first-order chi connectivity index (χ1) is 40.6. The van der Waals surface area contributed by atoms with E-state index in [1.165, 1.54) is 29.1 Å². The van der Waals surface area contributed by atoms with Crippen LogP contribution in [0, 0.1) is 5.21 Å². The van der Waals surface area contributed by atoms with E-state index in [0.717, 1.165) is 6.21 Å². The summed E-state index contributed by atoms with van der Waals surface area (Å²) >= 11 is 0. The van der Waals surface area contributed by atoms with E-state index in [-0.39, 0.29) is 5.56 Å². The molecule has 35 atom stereocenters. The minimum Gasteiger partial charge on any atom is -0.792 e. The van der Waals surface area contributed by atoms with Crippen molar-refractivity contribution in [1.82, 2.24) is 0 Å². The summed E-state index contributed by atoms with van der Waals surface area (Å²) in [6, 6.07) is 2.97. The quantitative estimate of drug-likeness (QED) is 0.0620. The van der Waals surface area contributed by atoms with Gasteiger partial charge in [-0.05, 0) is 6.07 Å². The van der Waals surface area contributed by atoms with Gasteiger partial charge in [0.2, 0.25) is 0 Å². The Labute approximate surface area is 480 Å². The molecule has 0 amide bonds. The van der Waals surface area contributed by atoms with Crippen molar-refractivity contribution in [3.8, 4) is 0 Å². The van der Waals surface area contributed by atoms with Crippen LogP contribution in [-0.4, -0.2) is 363 Å². The maximum absolute atomic E-state index is 11.8. The maximum atomic E-state index is 11.8. The van der Waals surface area contributed by atoms with Gasteiger partial charge in [-0.15, -0.1) is 0 Å². The van der Waals surface area contributed by atoms with Crippen LogP contribution in [0.4, 0.5) is 0 Å². The third-order valence-corrected chi connectivity index (χ3v) is 16.1. The van der Waals surface area contributed by atoms with Crippen molar-refractivity contribution in [3.63, 3.8) is 0 Å². The molecule has 0 aromatic carbocycles. The van der Waals surface area contributed by atoms with E-state index < -0.39 is 261 Å². The number of nitrogens with zero attached hydrogens (tertiary/aromatic N) is 2. The number of hydrogen-bond acceptors (Lipinski definition) is 36. The molecule has 0 spiro atoms. The summed E-state index contributed by atoms with van der Waals surface area (Å²) in [6.45, 7) is -6.73. The lowest BCUT2D eigenvalue weighted by atomic mass is 9.95. The minimum absolute atomic E-state index is 0.253. The molecular weight excluding hydrogens is 1160 g/mol. The Hall–Kier alpha value is -2.74. The van der Waals surface area contributed by atoms with E-state index >= 15 is 0 Å². The molecule has 486 valence electrons. The molecule has 14 bridgehead atoms. The van der Waals surface area contributed by atoms with Crippen molar-refractivity contribution in [2.24, 2.45) is 5.16 Å². The van der Waals surface area contributed by atoms with Crippen molar-refractivity contribution >= 4 is 6.21 Å². The number of aliphatic hydroxyl groups is 20. The largest absolute Gasteiger partial charge is 0.792 e. The van der Waals surface area contributed by atoms with Crippen molar-refractivity contribution in [1.29, 1.82) is 0 Å². The van der Waals surface area contributed by atoms with Crippen LogP contribution in [0.3, 0.4) is 0 Å². The topological polar surface area (TPSA) is 573 Å². The monoisotopic (exact) mass is 1240 g/mol. The number of rotatable bonds is 9. The molecule has 37 nitrogen and oxygen atoms in total. The fourth-order valence-corrected chi connectivity index (χ4v) is 11.4. The molecule has 22 heterocycles. The Kier molecular flexibility index (Phi) is 22.4. The summed E-state index contributed by atoms with van der Waals surface area (Å²) in [4.78, 5) is 0. The van der Waals surface area contributed by atoms with Crippen molar-refractivity contribution in [2.45, 2.75) is 221 Å². The second kappa shape index (κ2) is 28.6. The summed E-state index contributed by atoms with van der Waals surface area (Å²) in [5.74, 6) is 0. The van der Waals surface area contributed by atoms with Gasteiger partial charge in [0.25, 0.3) is 0 Å². The van der Waals surface area contributed by atoms with Gasteiger partial charge in [0.1, 0.15) is 171 Å². The van der Waals surface area contributed by atoms with Crippen LogP contribution in [0.1, 0.15) is 5.56 Å². The molecule has 0 saturated carbocycles. The summed E-state index contributed by atoms with van der Waals surface area (Å²) in [5, 5.41) is 237. The lowest BCUT2D eigenvalue weighted by Gasteiger charge is -2.50. The highest BCUT2D eigenvalue weighted by molar-refractivity contribution is 5.78. The van der Waals surface area contributed by atoms with Gasteiger partial charge >= 0.3 is 0 Å². The van der Waals surface area contributed by atoms with E-state index in [0.29, 0.717) is 0 Å². The highest BCUT2D eigenvalue weighted by Crippen LogP contribution is 2.39. The van der Waals surface area contributed by atoms with E-state index in [1.54, 1.807) is 0 Å². The average Bonchev–Trinajstić information content (AvgIpc) is 2.89. The Balaban J connectivity index is 1.03. The van der Waals surface area contributed by atoms with Crippen LogP contribution in [0.2, 0.25) is 0 Å². The standard InChI is InChI=1S/C48H74N2O35/c51-7-15-36-23(59)30(66)44(74-15)82-38-17(9-53)76-46(32(68)25(38)61)84-40-19(11-55)78-48(34(70)27(40)63)85-41-20(12-56)77-47(33(69)26(41)62)83-39-18(10-54)75-45(31(67)24(39)60)81-37-16(8-52)73-43(29(65)22(37)58)79-35-14(72-42(80-36)28(64)21(35)57)6-50-3-1-2-13(5-50)4-49-71/h1-5,14-48,51-70H,6-12H2/b49-4+/t14-,15-,16-,17-,18-,19-,20-,21-,22-,23-,24-,25-,26-,27-,28-,29-,30-,31-,32-,33-,34-,35-,36-,37-,38-,39-,40-,41-,42-,43-,44-,45-,46-,47-,48-/m1/s1. The van der Waals surface area contributed by atoms with Crippen LogP contribution in [0.25, 0.3) is 0 Å². The molecule has 0 radical (unpaired) electrons. The first kappa shape index (κ1) is 66.7. The molecule has 1 aromatic rings. The molecule has 0 unspecified atom stereocenters. The predicted molar refractivity (Wildman–Crippen MR) is 259 cm³/mol. The zero-order chi connectivity index (χ0) is 61.5. The van der Waals surface area contributed by atoms with Gasteiger partial charge in [0.15, 0.2) is 63.0 Å². The fourth-order valence-electron chi connectivity index (χ4n) is 11.4. The zero-order valence-electron chi connectivity index (χ0n) is 44.5. The Bertz CT molecular complexity index is 2270. The zero-order valence-corrected chi connectivity index (χ0v) is 44.5. The van der Waals surface area contributed by atoms with Crippen LogP contribution in [0.15, 0.2) is 29.7 Å². The molecule has 85 heavy (non-hydrogen) atoms. The number of pyridine rings is 1. The second-order valence-corrected chi connectivity index (χ2v) is 21.5. The van der Waals surface area contributed by atoms with Gasteiger partial charge in [0.05, 0.1) is 45.2 Å². The number of hydrogen-bond donors (Lipinski definition) is 20. The average molecular weight is 1240 g/mol. The summed E-state index contributed by atoms with van der Waals surface area (Å²) in [6.07, 6.45) is -66.7. The molecule has 1 aromatic heterocycles. The Morgan fingerprint density at radius 1 is 0.329 bits per heavy atom. The summed E-state index contributed by atoms with van der Waals surface area (Å²) in [7, 11) is 0. The molecule has 37 heteroatoms. The third-order valence-electron chi connectivity index (χ3n) is 16.1. The number of aliphatic hydroxyl groups excluding tert-OH is 20. The van der Waals surface area contributed by atoms with Crippen molar-refractivity contribution < 1.29 is 173 Å². The molecule has 21 aliphatic rings. The smallest absolute Gasteiger partial charge is 0.187 e. The SMILES string of the molecule is [O-]/N=C/c1ccc[n+](C[C@H]2O[C@@H]3O[C@H]4[C@H](O)[C@@H](O)[C@@H](O[C@H]5[C@H](O)[C@@H](O)[C@@H](O[C@H]6[C@H](O)[C@@H](O)[C@@H](O[C@H]7[C@H](O)[C@@H](O)[C@@H](O[C@H]8[C@H](O)[C@@H](O)[C@@H](O[C@H]9[C@H](O)[C@@H](O)[C@@H](O[C@H]2[C@H](O)[C@H]3O)O[C@@H]9CO)O[C@@H]8CO)O[C@@H]7CO)O[C@@H]6CO)O[C@@H]5CO)O[C@@H]4CO)c1. The van der Waals surface area contributed by atoms with Crippen molar-refractivity contribution in [3.05, 3.63) is 35.3 Å². The molecule has 0 aliphatic carbocycles. The first-order valence-corrected chi connectivity index (χ1v) is 27.1. The van der Waals surface area contributed by atoms with E-state index in [4.69, 9.17) is 66.3 Å². The molecular formula is C48H74N2O35. The van der Waals surface area contributed by atoms with Gasteiger partial charge in [-0.1, -0.05) is 0 Å². The van der Waals surface area contributed by atoms with Crippen LogP contribution in [0.5, 0.6) is 0 Å². The second-order valence-electron chi connectivity index (χ2n) is 21.5. The summed E-state index contributed by atoms with van der Waals surface area (Å²) < 4.78 is 82.6. The van der Waals surface area contributed by atoms with Crippen molar-refractivity contribution in [2.75, 3.05) is 39.6 Å². The Morgan fingerprint density at radius 3 is 0.753 bits per heavy atom. The first-order valence-electron chi connectivity index (χ1n) is 27.1. The van der Waals surface area contributed by atoms with E-state index in [9.17, 15) is 107 Å². The molecule has 22 rings (SSSR count). The third kappa shape index (κ3) is 13.5. The molecule has 20 N–H and O–H groups in total. The molecule has 21 aliphatic heterocycles. The highest BCUT2D eigenvalue weighted by atomic mass is 16.8. The lowest BCUT2D eigenvalue weighted by molar-refractivity contribution is -0.707.